The highest BCUT2D eigenvalue weighted by molar-refractivity contribution is 7.15. The average Bonchev–Trinajstić information content (AvgIpc) is 3.38. The van der Waals surface area contributed by atoms with Crippen LogP contribution < -0.4 is 14.8 Å². The second-order valence-corrected chi connectivity index (χ2v) is 9.01. The molecule has 1 saturated heterocycles. The van der Waals surface area contributed by atoms with Crippen molar-refractivity contribution in [1.82, 2.24) is 14.8 Å². The van der Waals surface area contributed by atoms with Crippen LogP contribution in [0.3, 0.4) is 0 Å². The minimum absolute atomic E-state index is 0.0476. The predicted octanol–water partition coefficient (Wildman–Crippen LogP) is 2.29. The van der Waals surface area contributed by atoms with Gasteiger partial charge in [-0.2, -0.15) is 0 Å². The number of morpholine rings is 1. The maximum atomic E-state index is 13.3. The number of fused-ring (bicyclic) bond motifs is 1. The van der Waals surface area contributed by atoms with Crippen molar-refractivity contribution in [2.45, 2.75) is 20.3 Å². The Balaban J connectivity index is 1.42. The summed E-state index contributed by atoms with van der Waals surface area (Å²) in [6, 6.07) is 5.10. The summed E-state index contributed by atoms with van der Waals surface area (Å²) < 4.78 is 16.1. The van der Waals surface area contributed by atoms with Gasteiger partial charge in [-0.3, -0.25) is 14.5 Å². The van der Waals surface area contributed by atoms with Crippen LogP contribution in [-0.4, -0.2) is 79.3 Å². The molecule has 2 aliphatic heterocycles. The van der Waals surface area contributed by atoms with Crippen molar-refractivity contribution in [2.75, 3.05) is 58.0 Å². The molecule has 0 saturated carbocycles. The molecule has 10 heteroatoms. The van der Waals surface area contributed by atoms with Crippen LogP contribution in [0.1, 0.15) is 27.3 Å². The number of nitrogens with one attached hydrogen (secondary N) is 1. The molecule has 0 atom stereocenters. The van der Waals surface area contributed by atoms with Crippen molar-refractivity contribution >= 4 is 28.3 Å². The van der Waals surface area contributed by atoms with Crippen molar-refractivity contribution in [3.05, 3.63) is 34.3 Å². The lowest BCUT2D eigenvalue weighted by molar-refractivity contribution is -0.116. The summed E-state index contributed by atoms with van der Waals surface area (Å²) in [4.78, 5) is 35.3. The van der Waals surface area contributed by atoms with E-state index in [1.807, 2.05) is 13.8 Å². The van der Waals surface area contributed by atoms with Gasteiger partial charge in [-0.1, -0.05) is 0 Å². The van der Waals surface area contributed by atoms with Crippen LogP contribution in [0, 0.1) is 13.8 Å². The fourth-order valence-electron chi connectivity index (χ4n) is 3.63. The second kappa shape index (κ2) is 10.3. The standard InChI is InChI=1S/C22H28N4O5S/c1-15-16(2)32-22(23-15)24-20(27)13-26(7-3-6-25-8-10-29-11-9-25)21(28)17-4-5-18-19(12-17)31-14-30-18/h4-5,12H,3,6-11,13-14H2,1-2H3,(H,23,24,27). The third-order valence-corrected chi connectivity index (χ3v) is 6.51. The second-order valence-electron chi connectivity index (χ2n) is 7.81. The van der Waals surface area contributed by atoms with Gasteiger partial charge in [0.15, 0.2) is 16.6 Å². The molecule has 1 aromatic carbocycles. The molecule has 2 aromatic rings. The Labute approximate surface area is 191 Å². The molecule has 2 amide bonds. The third kappa shape index (κ3) is 5.56. The Kier molecular flexibility index (Phi) is 7.23. The highest BCUT2D eigenvalue weighted by Crippen LogP contribution is 2.32. The minimum atomic E-state index is -0.265. The zero-order chi connectivity index (χ0) is 22.5. The van der Waals surface area contributed by atoms with Crippen molar-refractivity contribution in [1.29, 1.82) is 0 Å². The topological polar surface area (TPSA) is 93.2 Å². The fraction of sp³-hybridized carbons (Fsp3) is 0.500. The van der Waals surface area contributed by atoms with Crippen LogP contribution in [0.4, 0.5) is 5.13 Å². The van der Waals surface area contributed by atoms with E-state index in [0.717, 1.165) is 49.8 Å². The number of carbonyl (C=O) groups excluding carboxylic acids is 2. The molecular formula is C22H28N4O5S. The fourth-order valence-corrected chi connectivity index (χ4v) is 4.46. The molecule has 0 radical (unpaired) electrons. The minimum Gasteiger partial charge on any atom is -0.454 e. The first-order valence-corrected chi connectivity index (χ1v) is 11.5. The van der Waals surface area contributed by atoms with Crippen LogP contribution in [0.15, 0.2) is 18.2 Å². The third-order valence-electron chi connectivity index (χ3n) is 5.52. The van der Waals surface area contributed by atoms with Gasteiger partial charge in [-0.05, 0) is 38.5 Å². The van der Waals surface area contributed by atoms with Gasteiger partial charge in [0, 0.05) is 36.6 Å². The SMILES string of the molecule is Cc1nc(NC(=O)CN(CCCN2CCOCC2)C(=O)c2ccc3c(c2)OCO3)sc1C. The van der Waals surface area contributed by atoms with Crippen LogP contribution in [-0.2, 0) is 9.53 Å². The van der Waals surface area contributed by atoms with Gasteiger partial charge in [0.2, 0.25) is 12.7 Å². The lowest BCUT2D eigenvalue weighted by atomic mass is 10.1. The molecule has 0 bridgehead atoms. The van der Waals surface area contributed by atoms with E-state index in [9.17, 15) is 9.59 Å². The van der Waals surface area contributed by atoms with E-state index in [2.05, 4.69) is 15.2 Å². The zero-order valence-corrected chi connectivity index (χ0v) is 19.2. The maximum absolute atomic E-state index is 13.3. The number of benzene rings is 1. The monoisotopic (exact) mass is 460 g/mol. The number of aromatic nitrogens is 1. The summed E-state index contributed by atoms with van der Waals surface area (Å²) in [6.07, 6.45) is 0.763. The zero-order valence-electron chi connectivity index (χ0n) is 18.4. The Bertz CT molecular complexity index is 954. The van der Waals surface area contributed by atoms with Crippen molar-refractivity contribution < 1.29 is 23.8 Å². The van der Waals surface area contributed by atoms with E-state index in [1.54, 1.807) is 23.1 Å². The van der Waals surface area contributed by atoms with Crippen LogP contribution in [0.5, 0.6) is 11.5 Å². The van der Waals surface area contributed by atoms with Gasteiger partial charge >= 0.3 is 0 Å². The van der Waals surface area contributed by atoms with Crippen LogP contribution in [0.2, 0.25) is 0 Å². The Hall–Kier alpha value is -2.69. The summed E-state index contributed by atoms with van der Waals surface area (Å²) in [6.45, 7) is 8.52. The smallest absolute Gasteiger partial charge is 0.254 e. The number of anilines is 1. The van der Waals surface area contributed by atoms with E-state index in [0.29, 0.717) is 28.7 Å². The van der Waals surface area contributed by atoms with E-state index in [4.69, 9.17) is 14.2 Å². The van der Waals surface area contributed by atoms with Gasteiger partial charge in [0.05, 0.1) is 18.9 Å². The van der Waals surface area contributed by atoms with E-state index < -0.39 is 0 Å². The first-order valence-electron chi connectivity index (χ1n) is 10.7. The van der Waals surface area contributed by atoms with Crippen molar-refractivity contribution in [3.63, 3.8) is 0 Å². The Morgan fingerprint density at radius 2 is 1.97 bits per heavy atom. The molecule has 2 aliphatic rings. The number of amides is 2. The van der Waals surface area contributed by atoms with E-state index in [-0.39, 0.29) is 25.2 Å². The number of nitrogens with zero attached hydrogens (tertiary/aromatic N) is 3. The Morgan fingerprint density at radius 3 is 2.72 bits per heavy atom. The number of hydrogen-bond acceptors (Lipinski definition) is 8. The van der Waals surface area contributed by atoms with Gasteiger partial charge in [0.1, 0.15) is 6.54 Å². The van der Waals surface area contributed by atoms with Crippen molar-refractivity contribution in [3.8, 4) is 11.5 Å². The highest BCUT2D eigenvalue weighted by Gasteiger charge is 2.23. The molecule has 3 heterocycles. The lowest BCUT2D eigenvalue weighted by Gasteiger charge is -2.28. The van der Waals surface area contributed by atoms with Crippen LogP contribution >= 0.6 is 11.3 Å². The van der Waals surface area contributed by atoms with E-state index >= 15 is 0 Å². The van der Waals surface area contributed by atoms with Gasteiger partial charge in [0.25, 0.3) is 5.91 Å². The quantitative estimate of drug-likeness (QED) is 0.646. The van der Waals surface area contributed by atoms with Gasteiger partial charge in [-0.25, -0.2) is 4.98 Å². The number of thiazole rings is 1. The molecular weight excluding hydrogens is 432 g/mol. The predicted molar refractivity (Wildman–Crippen MR) is 121 cm³/mol. The molecule has 9 nitrogen and oxygen atoms in total. The van der Waals surface area contributed by atoms with E-state index in [1.165, 1.54) is 11.3 Å². The summed E-state index contributed by atoms with van der Waals surface area (Å²) in [5.41, 5.74) is 1.36. The molecule has 1 aromatic heterocycles. The average molecular weight is 461 g/mol. The molecule has 0 spiro atoms. The van der Waals surface area contributed by atoms with Crippen molar-refractivity contribution in [2.24, 2.45) is 0 Å². The summed E-state index contributed by atoms with van der Waals surface area (Å²) in [7, 11) is 0. The molecule has 0 unspecified atom stereocenters. The first kappa shape index (κ1) is 22.5. The normalized spacial score (nSPS) is 15.6. The maximum Gasteiger partial charge on any atom is 0.254 e. The molecule has 32 heavy (non-hydrogen) atoms. The lowest BCUT2D eigenvalue weighted by Crippen LogP contribution is -2.41. The first-order chi connectivity index (χ1) is 15.5. The number of rotatable bonds is 8. The number of hydrogen-bond donors (Lipinski definition) is 1. The molecule has 4 rings (SSSR count). The summed E-state index contributed by atoms with van der Waals surface area (Å²) in [5, 5.41) is 3.37. The molecule has 1 fully saturated rings. The molecule has 0 aliphatic carbocycles. The number of ether oxygens (including phenoxy) is 3. The molecule has 1 N–H and O–H groups in total. The summed E-state index contributed by atoms with van der Waals surface area (Å²) >= 11 is 1.43. The van der Waals surface area contributed by atoms with Gasteiger partial charge < -0.3 is 24.4 Å². The van der Waals surface area contributed by atoms with Crippen LogP contribution in [0.25, 0.3) is 0 Å². The summed E-state index contributed by atoms with van der Waals surface area (Å²) in [5.74, 6) is 0.682. The number of carbonyl (C=O) groups is 2. The highest BCUT2D eigenvalue weighted by atomic mass is 32.1. The Morgan fingerprint density at radius 1 is 1.19 bits per heavy atom. The molecule has 172 valence electrons. The largest absolute Gasteiger partial charge is 0.454 e. The number of aryl methyl sites for hydroxylation is 2. The van der Waals surface area contributed by atoms with Gasteiger partial charge in [-0.15, -0.1) is 11.3 Å².